The van der Waals surface area contributed by atoms with Gasteiger partial charge in [0, 0.05) is 18.8 Å². The molecule has 88 valence electrons. The van der Waals surface area contributed by atoms with Gasteiger partial charge in [-0.1, -0.05) is 6.07 Å². The van der Waals surface area contributed by atoms with Crippen LogP contribution < -0.4 is 5.56 Å². The molecule has 0 aliphatic carbocycles. The molecule has 0 fully saturated rings. The van der Waals surface area contributed by atoms with Crippen molar-refractivity contribution in [2.75, 3.05) is 6.61 Å². The fourth-order valence-corrected chi connectivity index (χ4v) is 1.74. The van der Waals surface area contributed by atoms with Crippen LogP contribution in [0.4, 0.5) is 5.69 Å². The van der Waals surface area contributed by atoms with Crippen molar-refractivity contribution < 1.29 is 10.0 Å². The van der Waals surface area contributed by atoms with Crippen LogP contribution in [0.2, 0.25) is 0 Å². The van der Waals surface area contributed by atoms with Crippen molar-refractivity contribution in [2.45, 2.75) is 6.54 Å². The number of nitrogens with zero attached hydrogens (tertiary/aromatic N) is 2. The highest BCUT2D eigenvalue weighted by molar-refractivity contribution is 5.89. The SMILES string of the molecule is O=c1c2cccc([N+](=O)[O-])c2ccn1CCO. The van der Waals surface area contributed by atoms with Crippen molar-refractivity contribution in [3.05, 3.63) is 50.9 Å². The normalized spacial score (nSPS) is 10.6. The van der Waals surface area contributed by atoms with Crippen molar-refractivity contribution in [1.29, 1.82) is 0 Å². The van der Waals surface area contributed by atoms with Crippen molar-refractivity contribution >= 4 is 16.5 Å². The van der Waals surface area contributed by atoms with Crippen molar-refractivity contribution in [3.8, 4) is 0 Å². The number of benzene rings is 1. The van der Waals surface area contributed by atoms with Gasteiger partial charge in [-0.2, -0.15) is 0 Å². The van der Waals surface area contributed by atoms with E-state index in [0.717, 1.165) is 0 Å². The van der Waals surface area contributed by atoms with Gasteiger partial charge in [-0.3, -0.25) is 14.9 Å². The number of fused-ring (bicyclic) bond motifs is 1. The minimum absolute atomic E-state index is 0.0873. The molecular formula is C11H10N2O4. The molecule has 2 aromatic rings. The van der Waals surface area contributed by atoms with E-state index < -0.39 is 4.92 Å². The quantitative estimate of drug-likeness (QED) is 0.631. The lowest BCUT2D eigenvalue weighted by molar-refractivity contribution is -0.383. The molecule has 0 aliphatic heterocycles. The predicted octanol–water partition coefficient (Wildman–Crippen LogP) is 0.902. The van der Waals surface area contributed by atoms with Gasteiger partial charge in [0.05, 0.1) is 22.3 Å². The van der Waals surface area contributed by atoms with Crippen LogP contribution >= 0.6 is 0 Å². The second-order valence-corrected chi connectivity index (χ2v) is 3.53. The largest absolute Gasteiger partial charge is 0.395 e. The Morgan fingerprint density at radius 2 is 2.06 bits per heavy atom. The van der Waals surface area contributed by atoms with E-state index in [4.69, 9.17) is 5.11 Å². The number of pyridine rings is 1. The number of rotatable bonds is 3. The van der Waals surface area contributed by atoms with E-state index in [2.05, 4.69) is 0 Å². The highest BCUT2D eigenvalue weighted by Crippen LogP contribution is 2.22. The number of hydrogen-bond donors (Lipinski definition) is 1. The van der Waals surface area contributed by atoms with Crippen LogP contribution in [-0.2, 0) is 6.54 Å². The summed E-state index contributed by atoms with van der Waals surface area (Å²) in [6.45, 7) is 0.0256. The molecule has 0 aliphatic rings. The lowest BCUT2D eigenvalue weighted by Gasteiger charge is -2.05. The minimum Gasteiger partial charge on any atom is -0.395 e. The summed E-state index contributed by atoms with van der Waals surface area (Å²) >= 11 is 0. The first-order valence-corrected chi connectivity index (χ1v) is 5.02. The van der Waals surface area contributed by atoms with E-state index in [1.807, 2.05) is 0 Å². The molecule has 1 N–H and O–H groups in total. The number of hydrogen-bond acceptors (Lipinski definition) is 4. The molecule has 0 amide bonds. The lowest BCUT2D eigenvalue weighted by atomic mass is 10.1. The Hall–Kier alpha value is -2.21. The Labute approximate surface area is 95.9 Å². The van der Waals surface area contributed by atoms with Crippen LogP contribution in [-0.4, -0.2) is 21.2 Å². The zero-order chi connectivity index (χ0) is 12.4. The molecule has 1 aromatic heterocycles. The first-order chi connectivity index (χ1) is 8.15. The molecule has 0 radical (unpaired) electrons. The van der Waals surface area contributed by atoms with Gasteiger partial charge in [0.2, 0.25) is 0 Å². The molecule has 0 atom stereocenters. The standard InChI is InChI=1S/C11H10N2O4/c14-7-6-12-5-4-8-9(11(12)15)2-1-3-10(8)13(16)17/h1-5,14H,6-7H2. The average molecular weight is 234 g/mol. The molecule has 6 nitrogen and oxygen atoms in total. The topological polar surface area (TPSA) is 85.4 Å². The third-order valence-electron chi connectivity index (χ3n) is 2.53. The smallest absolute Gasteiger partial charge is 0.277 e. The van der Waals surface area contributed by atoms with E-state index in [9.17, 15) is 14.9 Å². The van der Waals surface area contributed by atoms with E-state index in [0.29, 0.717) is 5.39 Å². The summed E-state index contributed by atoms with van der Waals surface area (Å²) in [4.78, 5) is 22.2. The van der Waals surface area contributed by atoms with E-state index in [-0.39, 0.29) is 29.8 Å². The Morgan fingerprint density at radius 1 is 1.29 bits per heavy atom. The molecule has 0 unspecified atom stereocenters. The molecule has 0 spiro atoms. The number of aromatic nitrogens is 1. The molecule has 1 heterocycles. The third-order valence-corrected chi connectivity index (χ3v) is 2.53. The molecule has 17 heavy (non-hydrogen) atoms. The number of nitro benzene ring substituents is 1. The zero-order valence-electron chi connectivity index (χ0n) is 8.87. The molecule has 0 saturated carbocycles. The number of non-ortho nitro benzene ring substituents is 1. The molecule has 0 saturated heterocycles. The summed E-state index contributed by atoms with van der Waals surface area (Å²) < 4.78 is 1.33. The second-order valence-electron chi connectivity index (χ2n) is 3.53. The van der Waals surface area contributed by atoms with Crippen LogP contribution in [0.25, 0.3) is 10.8 Å². The summed E-state index contributed by atoms with van der Waals surface area (Å²) in [5.41, 5.74) is -0.420. The Morgan fingerprint density at radius 3 is 2.71 bits per heavy atom. The fourth-order valence-electron chi connectivity index (χ4n) is 1.74. The van der Waals surface area contributed by atoms with Crippen LogP contribution in [0.1, 0.15) is 0 Å². The first kappa shape index (κ1) is 11.3. The molecule has 1 aromatic carbocycles. The van der Waals surface area contributed by atoms with Crippen molar-refractivity contribution in [3.63, 3.8) is 0 Å². The summed E-state index contributed by atoms with van der Waals surface area (Å²) in [5, 5.41) is 20.2. The number of aliphatic hydroxyl groups excluding tert-OH is 1. The highest BCUT2D eigenvalue weighted by Gasteiger charge is 2.13. The van der Waals surface area contributed by atoms with Gasteiger partial charge in [0.25, 0.3) is 11.2 Å². The number of aliphatic hydroxyl groups is 1. The summed E-state index contributed by atoms with van der Waals surface area (Å²) in [6.07, 6.45) is 1.45. The van der Waals surface area contributed by atoms with Gasteiger partial charge in [0.1, 0.15) is 0 Å². The van der Waals surface area contributed by atoms with Crippen molar-refractivity contribution in [1.82, 2.24) is 4.57 Å². The van der Waals surface area contributed by atoms with Crippen LogP contribution in [0.5, 0.6) is 0 Å². The van der Waals surface area contributed by atoms with Crippen molar-refractivity contribution in [2.24, 2.45) is 0 Å². The summed E-state index contributed by atoms with van der Waals surface area (Å²) in [6, 6.07) is 5.90. The van der Waals surface area contributed by atoms with Gasteiger partial charge in [-0.25, -0.2) is 0 Å². The predicted molar refractivity (Wildman–Crippen MR) is 61.9 cm³/mol. The van der Waals surface area contributed by atoms with Crippen LogP contribution in [0, 0.1) is 10.1 Å². The highest BCUT2D eigenvalue weighted by atomic mass is 16.6. The monoisotopic (exact) mass is 234 g/mol. The summed E-state index contributed by atoms with van der Waals surface area (Å²) in [5.74, 6) is 0. The Kier molecular flexibility index (Phi) is 2.88. The van der Waals surface area contributed by atoms with E-state index in [1.165, 1.54) is 29.0 Å². The minimum atomic E-state index is -0.516. The molecule has 2 rings (SSSR count). The molecule has 6 heteroatoms. The van der Waals surface area contributed by atoms with Crippen LogP contribution in [0.15, 0.2) is 35.3 Å². The van der Waals surface area contributed by atoms with Gasteiger partial charge in [-0.15, -0.1) is 0 Å². The van der Waals surface area contributed by atoms with Gasteiger partial charge in [0.15, 0.2) is 0 Å². The van der Waals surface area contributed by atoms with E-state index in [1.54, 1.807) is 6.07 Å². The van der Waals surface area contributed by atoms with Gasteiger partial charge in [-0.05, 0) is 12.1 Å². The van der Waals surface area contributed by atoms with Gasteiger partial charge < -0.3 is 9.67 Å². The Bertz CT molecular complexity index is 633. The maximum atomic E-state index is 11.9. The lowest BCUT2D eigenvalue weighted by Crippen LogP contribution is -2.21. The zero-order valence-corrected chi connectivity index (χ0v) is 8.87. The third kappa shape index (κ3) is 1.90. The maximum Gasteiger partial charge on any atom is 0.277 e. The summed E-state index contributed by atoms with van der Waals surface area (Å²) in [7, 11) is 0. The average Bonchev–Trinajstić information content (AvgIpc) is 2.32. The molecular weight excluding hydrogens is 224 g/mol. The second kappa shape index (κ2) is 4.34. The first-order valence-electron chi connectivity index (χ1n) is 5.02. The van der Waals surface area contributed by atoms with Crippen LogP contribution in [0.3, 0.4) is 0 Å². The van der Waals surface area contributed by atoms with E-state index >= 15 is 0 Å². The number of nitro groups is 1. The maximum absolute atomic E-state index is 11.9. The van der Waals surface area contributed by atoms with Gasteiger partial charge >= 0.3 is 0 Å². The Balaban J connectivity index is 2.76. The fraction of sp³-hybridized carbons (Fsp3) is 0.182. The molecule has 0 bridgehead atoms.